The van der Waals surface area contributed by atoms with Crippen molar-refractivity contribution in [3.63, 3.8) is 0 Å². The number of carbonyl (C=O) groups is 2. The minimum atomic E-state index is -0.342. The molecule has 2 aromatic carbocycles. The maximum Gasteiger partial charge on any atom is 0.242 e. The van der Waals surface area contributed by atoms with Crippen LogP contribution in [0.5, 0.6) is 11.5 Å². The molecule has 0 radical (unpaired) electrons. The Bertz CT molecular complexity index is 1180. The molecule has 0 bridgehead atoms. The summed E-state index contributed by atoms with van der Waals surface area (Å²) >= 11 is 1.62. The molecule has 0 aliphatic rings. The first kappa shape index (κ1) is 28.2. The average Bonchev–Trinajstić information content (AvgIpc) is 3.31. The Kier molecular flexibility index (Phi) is 10.5. The van der Waals surface area contributed by atoms with Crippen molar-refractivity contribution in [1.82, 2.24) is 9.80 Å². The van der Waals surface area contributed by atoms with E-state index in [1.165, 1.54) is 12.1 Å². The molecule has 2 amide bonds. The number of carbonyl (C=O) groups excluding carboxylic acids is 2. The zero-order chi connectivity index (χ0) is 26.8. The summed E-state index contributed by atoms with van der Waals surface area (Å²) in [5.74, 6) is 0.713. The highest BCUT2D eigenvalue weighted by Gasteiger charge is 2.22. The number of amides is 2. The number of hydrogen-bond donors (Lipinski definition) is 0. The van der Waals surface area contributed by atoms with Crippen molar-refractivity contribution in [1.29, 1.82) is 0 Å². The predicted molar refractivity (Wildman–Crippen MR) is 145 cm³/mol. The van der Waals surface area contributed by atoms with Crippen LogP contribution in [0.4, 0.5) is 4.39 Å². The average molecular weight is 527 g/mol. The summed E-state index contributed by atoms with van der Waals surface area (Å²) in [4.78, 5) is 31.2. The van der Waals surface area contributed by atoms with Crippen molar-refractivity contribution in [2.45, 2.75) is 39.7 Å². The van der Waals surface area contributed by atoms with Crippen molar-refractivity contribution in [2.75, 3.05) is 33.9 Å². The van der Waals surface area contributed by atoms with Crippen LogP contribution in [0.1, 0.15) is 34.9 Å². The molecule has 6 nitrogen and oxygen atoms in total. The summed E-state index contributed by atoms with van der Waals surface area (Å²) in [5.41, 5.74) is 2.89. The fourth-order valence-electron chi connectivity index (χ4n) is 4.05. The molecule has 3 rings (SSSR count). The number of thiophene rings is 1. The van der Waals surface area contributed by atoms with Gasteiger partial charge in [-0.05, 0) is 72.2 Å². The van der Waals surface area contributed by atoms with Gasteiger partial charge >= 0.3 is 0 Å². The smallest absolute Gasteiger partial charge is 0.242 e. The van der Waals surface area contributed by atoms with Crippen LogP contribution in [0.3, 0.4) is 0 Å². The maximum absolute atomic E-state index is 13.6. The number of benzene rings is 2. The molecular formula is C29H35FN2O4S. The second-order valence-corrected chi connectivity index (χ2v) is 9.90. The molecule has 0 N–H and O–H groups in total. The van der Waals surface area contributed by atoms with Gasteiger partial charge in [0.05, 0.1) is 33.7 Å². The van der Waals surface area contributed by atoms with Gasteiger partial charge in [0.2, 0.25) is 11.8 Å². The minimum Gasteiger partial charge on any atom is -0.493 e. The van der Waals surface area contributed by atoms with Gasteiger partial charge in [-0.15, -0.1) is 11.3 Å². The minimum absolute atomic E-state index is 0.00419. The number of ether oxygens (including phenoxy) is 2. The normalized spacial score (nSPS) is 10.7. The Morgan fingerprint density at radius 1 is 0.892 bits per heavy atom. The van der Waals surface area contributed by atoms with Crippen LogP contribution in [0.15, 0.2) is 53.9 Å². The van der Waals surface area contributed by atoms with Crippen LogP contribution in [0, 0.1) is 12.7 Å². The Balaban J connectivity index is 1.74. The van der Waals surface area contributed by atoms with Gasteiger partial charge < -0.3 is 19.3 Å². The zero-order valence-corrected chi connectivity index (χ0v) is 22.8. The molecule has 0 unspecified atom stereocenters. The fourth-order valence-corrected chi connectivity index (χ4v) is 4.97. The first-order valence-corrected chi connectivity index (χ1v) is 13.3. The van der Waals surface area contributed by atoms with Gasteiger partial charge in [0.1, 0.15) is 5.82 Å². The van der Waals surface area contributed by atoms with E-state index in [0.29, 0.717) is 37.6 Å². The molecule has 0 fully saturated rings. The van der Waals surface area contributed by atoms with E-state index < -0.39 is 0 Å². The molecule has 1 aromatic heterocycles. The predicted octanol–water partition coefficient (Wildman–Crippen LogP) is 5.27. The molecule has 37 heavy (non-hydrogen) atoms. The van der Waals surface area contributed by atoms with Crippen LogP contribution in [-0.2, 0) is 29.0 Å². The quantitative estimate of drug-likeness (QED) is 0.305. The van der Waals surface area contributed by atoms with Crippen LogP contribution in [0.25, 0.3) is 0 Å². The van der Waals surface area contributed by atoms with Crippen LogP contribution < -0.4 is 9.47 Å². The lowest BCUT2D eigenvalue weighted by Crippen LogP contribution is -2.44. The standard InChI is InChI=1S/C29H35FN2O4S/c1-5-14-31(28(33)18-22-6-9-24(30)10-7-22)20-29(34)32(19-27-21(2)13-16-37-27)15-12-23-8-11-25(35-3)26(17-23)36-4/h6-11,13,16-17H,5,12,14-15,18-20H2,1-4H3. The Hall–Kier alpha value is -3.39. The molecule has 0 saturated heterocycles. The van der Waals surface area contributed by atoms with E-state index in [0.717, 1.165) is 28.0 Å². The molecule has 0 aliphatic heterocycles. The third-order valence-corrected chi connectivity index (χ3v) is 7.22. The Morgan fingerprint density at radius 3 is 2.22 bits per heavy atom. The molecule has 0 spiro atoms. The molecule has 0 aliphatic carbocycles. The highest BCUT2D eigenvalue weighted by Crippen LogP contribution is 2.28. The molecule has 0 saturated carbocycles. The SMILES string of the molecule is CCCN(CC(=O)N(CCc1ccc(OC)c(OC)c1)Cc1sccc1C)C(=O)Cc1ccc(F)cc1. The fraction of sp³-hybridized carbons (Fsp3) is 0.379. The molecule has 8 heteroatoms. The highest BCUT2D eigenvalue weighted by molar-refractivity contribution is 7.10. The van der Waals surface area contributed by atoms with E-state index in [2.05, 4.69) is 0 Å². The molecular weight excluding hydrogens is 491 g/mol. The van der Waals surface area contributed by atoms with Gasteiger partial charge in [-0.1, -0.05) is 25.1 Å². The highest BCUT2D eigenvalue weighted by atomic mass is 32.1. The second kappa shape index (κ2) is 13.8. The first-order chi connectivity index (χ1) is 17.8. The third-order valence-electron chi connectivity index (χ3n) is 6.21. The number of halogens is 1. The molecule has 3 aromatic rings. The zero-order valence-electron chi connectivity index (χ0n) is 22.0. The summed E-state index contributed by atoms with van der Waals surface area (Å²) in [7, 11) is 3.20. The van der Waals surface area contributed by atoms with Gasteiger partial charge in [-0.25, -0.2) is 4.39 Å². The van der Waals surface area contributed by atoms with E-state index >= 15 is 0 Å². The molecule has 1 heterocycles. The van der Waals surface area contributed by atoms with Crippen LogP contribution in [-0.4, -0.2) is 55.5 Å². The lowest BCUT2D eigenvalue weighted by Gasteiger charge is -2.28. The summed E-state index contributed by atoms with van der Waals surface area (Å²) in [6.07, 6.45) is 1.50. The van der Waals surface area contributed by atoms with E-state index in [9.17, 15) is 14.0 Å². The summed E-state index contributed by atoms with van der Waals surface area (Å²) in [6, 6.07) is 13.7. The van der Waals surface area contributed by atoms with E-state index in [1.54, 1.807) is 42.6 Å². The van der Waals surface area contributed by atoms with Crippen molar-refractivity contribution < 1.29 is 23.5 Å². The van der Waals surface area contributed by atoms with Gasteiger partial charge in [0.15, 0.2) is 11.5 Å². The third kappa shape index (κ3) is 8.05. The maximum atomic E-state index is 13.6. The topological polar surface area (TPSA) is 59.1 Å². The van der Waals surface area contributed by atoms with Crippen LogP contribution >= 0.6 is 11.3 Å². The number of nitrogens with zero attached hydrogens (tertiary/aromatic N) is 2. The lowest BCUT2D eigenvalue weighted by atomic mass is 10.1. The van der Waals surface area contributed by atoms with Crippen molar-refractivity contribution in [2.24, 2.45) is 0 Å². The van der Waals surface area contributed by atoms with Gasteiger partial charge in [-0.2, -0.15) is 0 Å². The summed E-state index contributed by atoms with van der Waals surface area (Å²) in [6.45, 7) is 5.49. The molecule has 0 atom stereocenters. The van der Waals surface area contributed by atoms with Gasteiger partial charge in [0.25, 0.3) is 0 Å². The number of methoxy groups -OCH3 is 2. The van der Waals surface area contributed by atoms with Crippen molar-refractivity contribution in [3.05, 3.63) is 81.3 Å². The number of aryl methyl sites for hydroxylation is 1. The Morgan fingerprint density at radius 2 is 1.59 bits per heavy atom. The molecule has 198 valence electrons. The van der Waals surface area contributed by atoms with E-state index in [-0.39, 0.29) is 30.6 Å². The second-order valence-electron chi connectivity index (χ2n) is 8.90. The first-order valence-electron chi connectivity index (χ1n) is 12.4. The summed E-state index contributed by atoms with van der Waals surface area (Å²) in [5, 5.41) is 2.03. The lowest BCUT2D eigenvalue weighted by molar-refractivity contribution is -0.140. The number of rotatable bonds is 13. The van der Waals surface area contributed by atoms with Crippen molar-refractivity contribution in [3.8, 4) is 11.5 Å². The number of hydrogen-bond acceptors (Lipinski definition) is 5. The van der Waals surface area contributed by atoms with Crippen molar-refractivity contribution >= 4 is 23.2 Å². The summed E-state index contributed by atoms with van der Waals surface area (Å²) < 4.78 is 24.0. The van der Waals surface area contributed by atoms with Gasteiger partial charge in [0, 0.05) is 18.0 Å². The monoisotopic (exact) mass is 526 g/mol. The largest absolute Gasteiger partial charge is 0.493 e. The van der Waals surface area contributed by atoms with Gasteiger partial charge in [-0.3, -0.25) is 9.59 Å². The van der Waals surface area contributed by atoms with E-state index in [1.807, 2.05) is 48.4 Å². The Labute approximate surface area is 222 Å². The van der Waals surface area contributed by atoms with Crippen LogP contribution in [0.2, 0.25) is 0 Å². The van der Waals surface area contributed by atoms with E-state index in [4.69, 9.17) is 9.47 Å².